The molecule has 2 N–H and O–H groups in total. The number of nitrogens with zero attached hydrogens (tertiary/aromatic N) is 2. The van der Waals surface area contributed by atoms with Gasteiger partial charge in [0.2, 0.25) is 0 Å². The van der Waals surface area contributed by atoms with Gasteiger partial charge in [0.15, 0.2) is 5.69 Å². The zero-order chi connectivity index (χ0) is 14.5. The van der Waals surface area contributed by atoms with Crippen molar-refractivity contribution in [3.8, 4) is 0 Å². The summed E-state index contributed by atoms with van der Waals surface area (Å²) < 4.78 is 0. The van der Waals surface area contributed by atoms with Crippen LogP contribution in [0, 0.1) is 10.1 Å². The molecule has 7 heteroatoms. The van der Waals surface area contributed by atoms with Crippen LogP contribution in [-0.4, -0.2) is 46.4 Å². The summed E-state index contributed by atoms with van der Waals surface area (Å²) in [6, 6.07) is 3.13. The summed E-state index contributed by atoms with van der Waals surface area (Å²) in [7, 11) is 0. The van der Waals surface area contributed by atoms with E-state index in [0.29, 0.717) is 19.1 Å². The first-order valence-corrected chi connectivity index (χ1v) is 6.98. The van der Waals surface area contributed by atoms with Gasteiger partial charge in [0, 0.05) is 25.2 Å². The molecule has 0 aromatic carbocycles. The highest BCUT2D eigenvalue weighted by Crippen LogP contribution is 2.14. The summed E-state index contributed by atoms with van der Waals surface area (Å²) in [6.07, 6.45) is 3.06. The van der Waals surface area contributed by atoms with E-state index in [9.17, 15) is 14.9 Å². The number of H-pyrrole nitrogens is 1. The van der Waals surface area contributed by atoms with Gasteiger partial charge < -0.3 is 20.3 Å². The van der Waals surface area contributed by atoms with Crippen molar-refractivity contribution in [2.75, 3.05) is 19.6 Å². The van der Waals surface area contributed by atoms with Crippen molar-refractivity contribution in [1.82, 2.24) is 15.2 Å². The summed E-state index contributed by atoms with van der Waals surface area (Å²) in [5.74, 6) is -0.322. The van der Waals surface area contributed by atoms with Crippen LogP contribution in [0.3, 0.4) is 0 Å². The molecule has 1 aliphatic rings. The highest BCUT2D eigenvalue weighted by molar-refractivity contribution is 5.93. The molecule has 0 bridgehead atoms. The molecule has 0 radical (unpaired) electrons. The first kappa shape index (κ1) is 14.5. The van der Waals surface area contributed by atoms with Crippen LogP contribution in [0.15, 0.2) is 12.1 Å². The molecule has 1 aliphatic heterocycles. The highest BCUT2D eigenvalue weighted by Gasteiger charge is 2.25. The second-order valence-corrected chi connectivity index (χ2v) is 5.06. The third kappa shape index (κ3) is 3.36. The third-order valence-electron chi connectivity index (χ3n) is 3.48. The van der Waals surface area contributed by atoms with Crippen molar-refractivity contribution in [2.45, 2.75) is 32.2 Å². The first-order chi connectivity index (χ1) is 9.61. The van der Waals surface area contributed by atoms with E-state index < -0.39 is 4.92 Å². The quantitative estimate of drug-likeness (QED) is 0.610. The van der Waals surface area contributed by atoms with Gasteiger partial charge in [0.05, 0.1) is 0 Å². The number of aromatic amines is 1. The van der Waals surface area contributed by atoms with E-state index in [0.717, 1.165) is 25.8 Å². The van der Waals surface area contributed by atoms with Gasteiger partial charge in [-0.1, -0.05) is 6.92 Å². The van der Waals surface area contributed by atoms with Gasteiger partial charge in [-0.2, -0.15) is 0 Å². The maximum Gasteiger partial charge on any atom is 0.321 e. The largest absolute Gasteiger partial charge is 0.358 e. The summed E-state index contributed by atoms with van der Waals surface area (Å²) in [4.78, 5) is 26.9. The van der Waals surface area contributed by atoms with Crippen molar-refractivity contribution in [2.24, 2.45) is 0 Å². The molecule has 1 atom stereocenters. The second kappa shape index (κ2) is 6.51. The Hall–Kier alpha value is -1.89. The zero-order valence-corrected chi connectivity index (χ0v) is 11.6. The Bertz CT molecular complexity index is 480. The molecule has 1 aromatic rings. The minimum atomic E-state index is -0.528. The number of nitro groups is 1. The van der Waals surface area contributed by atoms with Gasteiger partial charge in [0.1, 0.15) is 0 Å². The van der Waals surface area contributed by atoms with E-state index in [-0.39, 0.29) is 17.4 Å². The molecule has 1 amide bonds. The van der Waals surface area contributed by atoms with E-state index in [1.807, 2.05) is 6.92 Å². The van der Waals surface area contributed by atoms with Crippen LogP contribution in [0.1, 0.15) is 36.7 Å². The normalized spacial score (nSPS) is 18.1. The molecular formula is C13H20N4O3. The first-order valence-electron chi connectivity index (χ1n) is 6.98. The Morgan fingerprint density at radius 2 is 2.35 bits per heavy atom. The fourth-order valence-electron chi connectivity index (χ4n) is 2.51. The fourth-order valence-corrected chi connectivity index (χ4v) is 2.51. The summed E-state index contributed by atoms with van der Waals surface area (Å²) in [6.45, 7) is 4.32. The molecule has 2 heterocycles. The number of hydrogen-bond acceptors (Lipinski definition) is 4. The number of amides is 1. The van der Waals surface area contributed by atoms with Crippen LogP contribution in [0.5, 0.6) is 0 Å². The van der Waals surface area contributed by atoms with Crippen LogP contribution >= 0.6 is 0 Å². The fraction of sp³-hybridized carbons (Fsp3) is 0.615. The minimum Gasteiger partial charge on any atom is -0.358 e. The molecule has 1 aromatic heterocycles. The molecule has 7 nitrogen and oxygen atoms in total. The lowest BCUT2D eigenvalue weighted by Gasteiger charge is -2.24. The average Bonchev–Trinajstić information content (AvgIpc) is 3.08. The average molecular weight is 280 g/mol. The van der Waals surface area contributed by atoms with Gasteiger partial charge in [-0.25, -0.2) is 4.98 Å². The lowest BCUT2D eigenvalue weighted by atomic mass is 10.2. The molecular weight excluding hydrogens is 260 g/mol. The standard InChI is InChI=1S/C13H20N4O3/c1-2-8-16(9-10-4-3-7-14-10)13(18)11-5-6-12(15-11)17(19)20/h5-6,10,14-15H,2-4,7-9H2,1H3. The van der Waals surface area contributed by atoms with Crippen LogP contribution in [0.4, 0.5) is 5.82 Å². The Kier molecular flexibility index (Phi) is 4.73. The molecule has 20 heavy (non-hydrogen) atoms. The van der Waals surface area contributed by atoms with Gasteiger partial charge in [-0.05, 0) is 36.8 Å². The Morgan fingerprint density at radius 1 is 1.55 bits per heavy atom. The van der Waals surface area contributed by atoms with Gasteiger partial charge in [-0.15, -0.1) is 0 Å². The number of carbonyl (C=O) groups is 1. The van der Waals surface area contributed by atoms with Crippen LogP contribution in [-0.2, 0) is 0 Å². The van der Waals surface area contributed by atoms with E-state index in [4.69, 9.17) is 0 Å². The molecule has 0 spiro atoms. The molecule has 0 aliphatic carbocycles. The predicted molar refractivity (Wildman–Crippen MR) is 74.7 cm³/mol. The third-order valence-corrected chi connectivity index (χ3v) is 3.48. The monoisotopic (exact) mass is 280 g/mol. The van der Waals surface area contributed by atoms with E-state index in [1.54, 1.807) is 4.90 Å². The predicted octanol–water partition coefficient (Wildman–Crippen LogP) is 1.53. The Morgan fingerprint density at radius 3 is 2.90 bits per heavy atom. The van der Waals surface area contributed by atoms with Gasteiger partial charge >= 0.3 is 5.82 Å². The van der Waals surface area contributed by atoms with E-state index in [1.165, 1.54) is 12.1 Å². The van der Waals surface area contributed by atoms with Crippen molar-refractivity contribution in [1.29, 1.82) is 0 Å². The maximum absolute atomic E-state index is 12.4. The molecule has 2 rings (SSSR count). The molecule has 1 unspecified atom stereocenters. The molecule has 1 fully saturated rings. The van der Waals surface area contributed by atoms with Crippen molar-refractivity contribution in [3.63, 3.8) is 0 Å². The van der Waals surface area contributed by atoms with Crippen molar-refractivity contribution in [3.05, 3.63) is 27.9 Å². The SMILES string of the molecule is CCCN(CC1CCCN1)C(=O)c1ccc([N+](=O)[O-])[nH]1. The summed E-state index contributed by atoms with van der Waals surface area (Å²) >= 11 is 0. The molecule has 1 saturated heterocycles. The maximum atomic E-state index is 12.4. The second-order valence-electron chi connectivity index (χ2n) is 5.06. The number of aromatic nitrogens is 1. The van der Waals surface area contributed by atoms with E-state index >= 15 is 0 Å². The lowest BCUT2D eigenvalue weighted by Crippen LogP contribution is -2.41. The lowest BCUT2D eigenvalue weighted by molar-refractivity contribution is -0.389. The summed E-state index contributed by atoms with van der Waals surface area (Å²) in [5, 5.41) is 14.0. The van der Waals surface area contributed by atoms with Crippen LogP contribution < -0.4 is 5.32 Å². The zero-order valence-electron chi connectivity index (χ0n) is 11.6. The van der Waals surface area contributed by atoms with Gasteiger partial charge in [-0.3, -0.25) is 4.79 Å². The molecule has 110 valence electrons. The number of carbonyl (C=O) groups excluding carboxylic acids is 1. The van der Waals surface area contributed by atoms with Crippen molar-refractivity contribution < 1.29 is 9.72 Å². The van der Waals surface area contributed by atoms with Gasteiger partial charge in [0.25, 0.3) is 5.91 Å². The van der Waals surface area contributed by atoms with Crippen LogP contribution in [0.25, 0.3) is 0 Å². The van der Waals surface area contributed by atoms with E-state index in [2.05, 4.69) is 10.3 Å². The smallest absolute Gasteiger partial charge is 0.321 e. The molecule has 0 saturated carbocycles. The van der Waals surface area contributed by atoms with Crippen LogP contribution in [0.2, 0.25) is 0 Å². The number of hydrogen-bond donors (Lipinski definition) is 2. The topological polar surface area (TPSA) is 91.3 Å². The number of nitrogens with one attached hydrogen (secondary N) is 2. The Labute approximate surface area is 117 Å². The summed E-state index contributed by atoms with van der Waals surface area (Å²) in [5.41, 5.74) is 0.281. The van der Waals surface area contributed by atoms with Crippen molar-refractivity contribution >= 4 is 11.7 Å². The highest BCUT2D eigenvalue weighted by atomic mass is 16.6. The number of rotatable bonds is 6. The minimum absolute atomic E-state index is 0.149. The Balaban J connectivity index is 2.06.